The van der Waals surface area contributed by atoms with Crippen LogP contribution in [0.15, 0.2) is 36.4 Å². The summed E-state index contributed by atoms with van der Waals surface area (Å²) in [4.78, 5) is 14.7. The number of urea groups is 1. The zero-order chi connectivity index (χ0) is 18.1. The zero-order valence-electron chi connectivity index (χ0n) is 15.3. The molecule has 2 N–H and O–H groups in total. The van der Waals surface area contributed by atoms with Crippen LogP contribution in [0.2, 0.25) is 0 Å². The van der Waals surface area contributed by atoms with Crippen LogP contribution in [-0.2, 0) is 12.8 Å². The van der Waals surface area contributed by atoms with Gasteiger partial charge in [0.2, 0.25) is 0 Å². The second-order valence-electron chi connectivity index (χ2n) is 7.15. The number of hydrogen-bond donors (Lipinski definition) is 2. The number of amides is 2. The molecule has 0 unspecified atom stereocenters. The van der Waals surface area contributed by atoms with Gasteiger partial charge in [-0.3, -0.25) is 0 Å². The summed E-state index contributed by atoms with van der Waals surface area (Å²) in [5.74, 6) is 0.962. The van der Waals surface area contributed by atoms with E-state index in [0.717, 1.165) is 49.4 Å². The Morgan fingerprint density at radius 3 is 2.92 bits per heavy atom. The highest BCUT2D eigenvalue weighted by molar-refractivity contribution is 5.90. The van der Waals surface area contributed by atoms with Gasteiger partial charge in [-0.1, -0.05) is 6.07 Å². The van der Waals surface area contributed by atoms with Crippen molar-refractivity contribution in [2.24, 2.45) is 0 Å². The molecule has 2 aliphatic heterocycles. The van der Waals surface area contributed by atoms with Gasteiger partial charge in [-0.15, -0.1) is 0 Å². The summed E-state index contributed by atoms with van der Waals surface area (Å²) in [6, 6.07) is 12.0. The number of carbonyl (C=O) groups excluding carboxylic acids is 1. The van der Waals surface area contributed by atoms with Crippen molar-refractivity contribution in [3.05, 3.63) is 53.1 Å². The van der Waals surface area contributed by atoms with Crippen molar-refractivity contribution < 1.29 is 9.53 Å². The van der Waals surface area contributed by atoms with Gasteiger partial charge in [-0.25, -0.2) is 4.79 Å². The molecule has 2 aliphatic rings. The molecule has 2 aromatic carbocycles. The fourth-order valence-electron chi connectivity index (χ4n) is 3.79. The van der Waals surface area contributed by atoms with Crippen LogP contribution < -0.4 is 20.3 Å². The minimum absolute atomic E-state index is 0.0651. The molecule has 0 saturated carbocycles. The molecule has 26 heavy (non-hydrogen) atoms. The fraction of sp³-hybridized carbons (Fsp3) is 0.381. The van der Waals surface area contributed by atoms with E-state index in [1.54, 1.807) is 0 Å². The van der Waals surface area contributed by atoms with Crippen molar-refractivity contribution in [1.82, 2.24) is 5.32 Å². The summed E-state index contributed by atoms with van der Waals surface area (Å²) in [7, 11) is 2.11. The molecule has 0 radical (unpaired) electrons. The minimum Gasteiger partial charge on any atom is -0.493 e. The van der Waals surface area contributed by atoms with E-state index in [0.29, 0.717) is 0 Å². The molecule has 0 fully saturated rings. The van der Waals surface area contributed by atoms with Gasteiger partial charge in [0.15, 0.2) is 0 Å². The van der Waals surface area contributed by atoms with Crippen molar-refractivity contribution in [2.45, 2.75) is 32.2 Å². The molecular formula is C21H25N3O2. The first-order valence-corrected chi connectivity index (χ1v) is 9.27. The molecule has 136 valence electrons. The van der Waals surface area contributed by atoms with E-state index in [2.05, 4.69) is 40.8 Å². The molecule has 0 spiro atoms. The lowest BCUT2D eigenvalue weighted by molar-refractivity contribution is 0.249. The second kappa shape index (κ2) is 6.90. The highest BCUT2D eigenvalue weighted by Gasteiger charge is 2.17. The Labute approximate surface area is 154 Å². The predicted octanol–water partition coefficient (Wildman–Crippen LogP) is 3.89. The Hall–Kier alpha value is -2.69. The van der Waals surface area contributed by atoms with E-state index in [1.165, 1.54) is 16.8 Å². The first-order valence-electron chi connectivity index (χ1n) is 9.27. The molecular weight excluding hydrogens is 326 g/mol. The van der Waals surface area contributed by atoms with Crippen LogP contribution >= 0.6 is 0 Å². The SMILES string of the molecule is C[C@@H](NC(=O)Nc1ccc2c(c1)CCCN2C)c1ccc2c(c1)CCO2. The summed E-state index contributed by atoms with van der Waals surface area (Å²) >= 11 is 0. The number of hydrogen-bond acceptors (Lipinski definition) is 3. The second-order valence-corrected chi connectivity index (χ2v) is 7.15. The Bertz CT molecular complexity index is 834. The molecule has 0 bridgehead atoms. The van der Waals surface area contributed by atoms with E-state index < -0.39 is 0 Å². The molecule has 2 heterocycles. The van der Waals surface area contributed by atoms with E-state index in [-0.39, 0.29) is 12.1 Å². The van der Waals surface area contributed by atoms with E-state index in [4.69, 9.17) is 4.74 Å². The molecule has 0 aliphatic carbocycles. The van der Waals surface area contributed by atoms with Gasteiger partial charge in [0, 0.05) is 31.4 Å². The van der Waals surface area contributed by atoms with Crippen LogP contribution in [0.4, 0.5) is 16.2 Å². The first kappa shape index (κ1) is 16.8. The average Bonchev–Trinajstić information content (AvgIpc) is 3.09. The van der Waals surface area contributed by atoms with Gasteiger partial charge in [-0.2, -0.15) is 0 Å². The molecule has 4 rings (SSSR count). The van der Waals surface area contributed by atoms with E-state index >= 15 is 0 Å². The van der Waals surface area contributed by atoms with Gasteiger partial charge in [-0.05, 0) is 66.8 Å². The van der Waals surface area contributed by atoms with Crippen LogP contribution in [0.3, 0.4) is 0 Å². The summed E-state index contributed by atoms with van der Waals surface area (Å²) < 4.78 is 5.54. The molecule has 2 aromatic rings. The Morgan fingerprint density at radius 2 is 2.04 bits per heavy atom. The predicted molar refractivity (Wildman–Crippen MR) is 104 cm³/mol. The largest absolute Gasteiger partial charge is 0.493 e. The maximum atomic E-state index is 12.4. The Balaban J connectivity index is 1.41. The van der Waals surface area contributed by atoms with Crippen molar-refractivity contribution >= 4 is 17.4 Å². The normalized spacial score (nSPS) is 16.3. The minimum atomic E-state index is -0.182. The van der Waals surface area contributed by atoms with E-state index in [9.17, 15) is 4.79 Å². The standard InChI is InChI=1S/C21H25N3O2/c1-14(15-5-8-20-17(12-15)9-11-26-20)22-21(25)23-18-6-7-19-16(13-18)4-3-10-24(19)2/h5-8,12-14H,3-4,9-11H2,1-2H3,(H2,22,23,25)/t14-/m1/s1. The van der Waals surface area contributed by atoms with Gasteiger partial charge < -0.3 is 20.3 Å². The summed E-state index contributed by atoms with van der Waals surface area (Å²) in [6.45, 7) is 3.83. The van der Waals surface area contributed by atoms with Gasteiger partial charge in [0.25, 0.3) is 0 Å². The lowest BCUT2D eigenvalue weighted by Crippen LogP contribution is -2.31. The number of carbonyl (C=O) groups is 1. The summed E-state index contributed by atoms with van der Waals surface area (Å²) in [5, 5.41) is 5.99. The number of ether oxygens (including phenoxy) is 1. The van der Waals surface area contributed by atoms with Crippen LogP contribution in [0, 0.1) is 0 Å². The molecule has 5 heteroatoms. The quantitative estimate of drug-likeness (QED) is 0.882. The number of benzene rings is 2. The zero-order valence-corrected chi connectivity index (χ0v) is 15.3. The third kappa shape index (κ3) is 3.34. The van der Waals surface area contributed by atoms with Crippen LogP contribution in [0.5, 0.6) is 5.75 Å². The van der Waals surface area contributed by atoms with Crippen molar-refractivity contribution in [2.75, 3.05) is 30.4 Å². The van der Waals surface area contributed by atoms with Crippen LogP contribution in [0.25, 0.3) is 0 Å². The number of nitrogens with zero attached hydrogens (tertiary/aromatic N) is 1. The molecule has 2 amide bonds. The monoisotopic (exact) mass is 351 g/mol. The number of nitrogens with one attached hydrogen (secondary N) is 2. The molecule has 0 saturated heterocycles. The molecule has 5 nitrogen and oxygen atoms in total. The van der Waals surface area contributed by atoms with Crippen LogP contribution in [0.1, 0.15) is 36.1 Å². The number of rotatable bonds is 3. The Morgan fingerprint density at radius 1 is 1.15 bits per heavy atom. The maximum Gasteiger partial charge on any atom is 0.319 e. The molecule has 0 aromatic heterocycles. The Kier molecular flexibility index (Phi) is 4.45. The smallest absolute Gasteiger partial charge is 0.319 e. The van der Waals surface area contributed by atoms with Crippen LogP contribution in [-0.4, -0.2) is 26.2 Å². The summed E-state index contributed by atoms with van der Waals surface area (Å²) in [5.41, 5.74) is 5.71. The highest BCUT2D eigenvalue weighted by atomic mass is 16.5. The maximum absolute atomic E-state index is 12.4. The number of anilines is 2. The highest BCUT2D eigenvalue weighted by Crippen LogP contribution is 2.29. The molecule has 1 atom stereocenters. The third-order valence-corrected chi connectivity index (χ3v) is 5.25. The van der Waals surface area contributed by atoms with Gasteiger partial charge in [0.05, 0.1) is 12.6 Å². The summed E-state index contributed by atoms with van der Waals surface area (Å²) in [6.07, 6.45) is 3.15. The number of fused-ring (bicyclic) bond motifs is 2. The van der Waals surface area contributed by atoms with Crippen molar-refractivity contribution in [1.29, 1.82) is 0 Å². The lowest BCUT2D eigenvalue weighted by Gasteiger charge is -2.27. The van der Waals surface area contributed by atoms with Crippen molar-refractivity contribution in [3.63, 3.8) is 0 Å². The first-order chi connectivity index (χ1) is 12.6. The average molecular weight is 351 g/mol. The fourth-order valence-corrected chi connectivity index (χ4v) is 3.79. The lowest BCUT2D eigenvalue weighted by atomic mass is 10.0. The number of aryl methyl sites for hydroxylation is 1. The third-order valence-electron chi connectivity index (χ3n) is 5.25. The van der Waals surface area contributed by atoms with Crippen molar-refractivity contribution in [3.8, 4) is 5.75 Å². The van der Waals surface area contributed by atoms with Gasteiger partial charge >= 0.3 is 6.03 Å². The van der Waals surface area contributed by atoms with Gasteiger partial charge in [0.1, 0.15) is 5.75 Å². The van der Waals surface area contributed by atoms with E-state index in [1.807, 2.05) is 25.1 Å². The topological polar surface area (TPSA) is 53.6 Å².